The van der Waals surface area contributed by atoms with Crippen LogP contribution in [0.25, 0.3) is 0 Å². The number of hydrogen-bond donors (Lipinski definition) is 2. The minimum absolute atomic E-state index is 0.313. The van der Waals surface area contributed by atoms with E-state index in [4.69, 9.17) is 5.11 Å². The summed E-state index contributed by atoms with van der Waals surface area (Å²) in [5.41, 5.74) is -2.33. The molecule has 2 rings (SSSR count). The third-order valence-electron chi connectivity index (χ3n) is 2.91. The van der Waals surface area contributed by atoms with Crippen molar-refractivity contribution in [2.45, 2.75) is 31.0 Å². The van der Waals surface area contributed by atoms with Gasteiger partial charge in [0.25, 0.3) is 0 Å². The van der Waals surface area contributed by atoms with Crippen molar-refractivity contribution >= 4 is 11.9 Å². The number of carboxylic acids is 1. The van der Waals surface area contributed by atoms with Gasteiger partial charge in [-0.15, -0.1) is 0 Å². The largest absolute Gasteiger partial charge is 0.480 e. The summed E-state index contributed by atoms with van der Waals surface area (Å²) in [5, 5.41) is 11.5. The van der Waals surface area contributed by atoms with Crippen LogP contribution in [-0.4, -0.2) is 26.6 Å². The molecule has 98 valence electrons. The Balaban J connectivity index is 2.22. The lowest BCUT2D eigenvalue weighted by Crippen LogP contribution is -2.52. The van der Waals surface area contributed by atoms with Gasteiger partial charge in [0.05, 0.1) is 0 Å². The van der Waals surface area contributed by atoms with Gasteiger partial charge in [-0.05, 0) is 25.3 Å². The van der Waals surface area contributed by atoms with Gasteiger partial charge in [0.15, 0.2) is 0 Å². The molecule has 0 spiro atoms. The number of aliphatic carboxylic acids is 1. The summed E-state index contributed by atoms with van der Waals surface area (Å²) in [6.07, 6.45) is -2.22. The summed E-state index contributed by atoms with van der Waals surface area (Å²) in [6.45, 7) is 0. The molecule has 0 unspecified atom stereocenters. The minimum Gasteiger partial charge on any atom is -0.480 e. The summed E-state index contributed by atoms with van der Waals surface area (Å²) in [4.78, 5) is 17.9. The number of carbonyl (C=O) groups is 1. The van der Waals surface area contributed by atoms with Gasteiger partial charge in [0.1, 0.15) is 11.2 Å². The summed E-state index contributed by atoms with van der Waals surface area (Å²) < 4.78 is 37.3. The van der Waals surface area contributed by atoms with Crippen molar-refractivity contribution in [2.24, 2.45) is 0 Å². The molecule has 1 fully saturated rings. The van der Waals surface area contributed by atoms with Gasteiger partial charge in [-0.25, -0.2) is 14.8 Å². The molecule has 0 saturated heterocycles. The average Bonchev–Trinajstić information content (AvgIpc) is 2.22. The first-order chi connectivity index (χ1) is 8.33. The van der Waals surface area contributed by atoms with Crippen molar-refractivity contribution in [3.63, 3.8) is 0 Å². The molecular formula is C10H10F3N3O2. The Labute approximate surface area is 100 Å². The minimum atomic E-state index is -4.57. The highest BCUT2D eigenvalue weighted by Gasteiger charge is 2.45. The van der Waals surface area contributed by atoms with Crippen molar-refractivity contribution in [3.05, 3.63) is 18.0 Å². The predicted octanol–water partition coefficient (Wildman–Crippen LogP) is 1.91. The van der Waals surface area contributed by atoms with E-state index in [-0.39, 0.29) is 5.95 Å². The quantitative estimate of drug-likeness (QED) is 0.869. The lowest BCUT2D eigenvalue weighted by molar-refractivity contribution is -0.145. The van der Waals surface area contributed by atoms with Gasteiger partial charge in [-0.2, -0.15) is 13.2 Å². The molecule has 1 aliphatic carbocycles. The number of alkyl halides is 3. The zero-order valence-electron chi connectivity index (χ0n) is 9.16. The Hall–Kier alpha value is -1.86. The fourth-order valence-corrected chi connectivity index (χ4v) is 1.71. The summed E-state index contributed by atoms with van der Waals surface area (Å²) in [7, 11) is 0. The molecule has 1 saturated carbocycles. The molecule has 1 aromatic heterocycles. The number of halogens is 3. The standard InChI is InChI=1S/C10H10F3N3O2/c11-10(12,13)6-2-5-14-8(15-6)16-9(7(17)18)3-1-4-9/h2,5H,1,3-4H2,(H,17,18)(H,14,15,16). The molecule has 0 bridgehead atoms. The molecule has 8 heteroatoms. The number of aromatic nitrogens is 2. The van der Waals surface area contributed by atoms with E-state index in [1.807, 2.05) is 0 Å². The maximum Gasteiger partial charge on any atom is 0.433 e. The van der Waals surface area contributed by atoms with Gasteiger partial charge < -0.3 is 10.4 Å². The van der Waals surface area contributed by atoms with Crippen LogP contribution in [0, 0.1) is 0 Å². The molecule has 18 heavy (non-hydrogen) atoms. The van der Waals surface area contributed by atoms with E-state index in [0.29, 0.717) is 19.3 Å². The first kappa shape index (κ1) is 12.6. The molecule has 1 aliphatic rings. The second kappa shape index (κ2) is 4.11. The normalized spacial score (nSPS) is 17.9. The molecule has 0 aliphatic heterocycles. The Morgan fingerprint density at radius 2 is 2.11 bits per heavy atom. The molecule has 1 heterocycles. The first-order valence-corrected chi connectivity index (χ1v) is 5.25. The van der Waals surface area contributed by atoms with Crippen LogP contribution in [0.15, 0.2) is 12.3 Å². The van der Waals surface area contributed by atoms with Gasteiger partial charge in [-0.1, -0.05) is 0 Å². The Bertz CT molecular complexity index is 472. The van der Waals surface area contributed by atoms with Crippen molar-refractivity contribution in [3.8, 4) is 0 Å². The lowest BCUT2D eigenvalue weighted by atomic mass is 9.77. The molecule has 0 radical (unpaired) electrons. The van der Waals surface area contributed by atoms with Crippen LogP contribution in [0.4, 0.5) is 19.1 Å². The SMILES string of the molecule is O=C(O)C1(Nc2nccc(C(F)(F)F)n2)CCC1. The number of hydrogen-bond acceptors (Lipinski definition) is 4. The zero-order chi connectivity index (χ0) is 13.4. The van der Waals surface area contributed by atoms with E-state index >= 15 is 0 Å². The van der Waals surface area contributed by atoms with E-state index in [0.717, 1.165) is 12.3 Å². The number of carboxylic acid groups (broad SMARTS) is 1. The van der Waals surface area contributed by atoms with Crippen molar-refractivity contribution in [1.29, 1.82) is 0 Å². The van der Waals surface area contributed by atoms with Crippen molar-refractivity contribution < 1.29 is 23.1 Å². The second-order valence-corrected chi connectivity index (χ2v) is 4.13. The number of nitrogens with one attached hydrogen (secondary N) is 1. The Morgan fingerprint density at radius 3 is 2.56 bits per heavy atom. The molecule has 5 nitrogen and oxygen atoms in total. The molecule has 1 aromatic rings. The highest BCUT2D eigenvalue weighted by Crippen LogP contribution is 2.35. The predicted molar refractivity (Wildman–Crippen MR) is 54.9 cm³/mol. The van der Waals surface area contributed by atoms with Crippen LogP contribution in [0.1, 0.15) is 25.0 Å². The van der Waals surface area contributed by atoms with Gasteiger partial charge in [-0.3, -0.25) is 0 Å². The molecule has 0 amide bonds. The van der Waals surface area contributed by atoms with E-state index < -0.39 is 23.4 Å². The van der Waals surface area contributed by atoms with Gasteiger partial charge in [0, 0.05) is 6.20 Å². The summed E-state index contributed by atoms with van der Waals surface area (Å²) in [5.74, 6) is -1.42. The van der Waals surface area contributed by atoms with Crippen LogP contribution in [0.5, 0.6) is 0 Å². The lowest BCUT2D eigenvalue weighted by Gasteiger charge is -2.38. The van der Waals surface area contributed by atoms with Crippen molar-refractivity contribution in [1.82, 2.24) is 9.97 Å². The van der Waals surface area contributed by atoms with E-state index in [1.165, 1.54) is 0 Å². The second-order valence-electron chi connectivity index (χ2n) is 4.13. The van der Waals surface area contributed by atoms with E-state index in [9.17, 15) is 18.0 Å². The van der Waals surface area contributed by atoms with E-state index in [1.54, 1.807) is 0 Å². The van der Waals surface area contributed by atoms with E-state index in [2.05, 4.69) is 15.3 Å². The molecular weight excluding hydrogens is 251 g/mol. The molecule has 2 N–H and O–H groups in total. The Kier molecular flexibility index (Phi) is 2.88. The van der Waals surface area contributed by atoms with Crippen LogP contribution in [-0.2, 0) is 11.0 Å². The Morgan fingerprint density at radius 1 is 1.44 bits per heavy atom. The van der Waals surface area contributed by atoms with Crippen LogP contribution in [0.2, 0.25) is 0 Å². The summed E-state index contributed by atoms with van der Waals surface area (Å²) in [6, 6.07) is 0.736. The maximum absolute atomic E-state index is 12.4. The fourth-order valence-electron chi connectivity index (χ4n) is 1.71. The number of nitrogens with zero attached hydrogens (tertiary/aromatic N) is 2. The number of rotatable bonds is 3. The zero-order valence-corrected chi connectivity index (χ0v) is 9.16. The molecule has 0 aromatic carbocycles. The van der Waals surface area contributed by atoms with Crippen LogP contribution < -0.4 is 5.32 Å². The van der Waals surface area contributed by atoms with Crippen LogP contribution >= 0.6 is 0 Å². The van der Waals surface area contributed by atoms with Crippen molar-refractivity contribution in [2.75, 3.05) is 5.32 Å². The van der Waals surface area contributed by atoms with Crippen LogP contribution in [0.3, 0.4) is 0 Å². The third-order valence-corrected chi connectivity index (χ3v) is 2.91. The monoisotopic (exact) mass is 261 g/mol. The highest BCUT2D eigenvalue weighted by atomic mass is 19.4. The van der Waals surface area contributed by atoms with Gasteiger partial charge in [0.2, 0.25) is 5.95 Å². The maximum atomic E-state index is 12.4. The fraction of sp³-hybridized carbons (Fsp3) is 0.500. The summed E-state index contributed by atoms with van der Waals surface area (Å²) >= 11 is 0. The first-order valence-electron chi connectivity index (χ1n) is 5.25. The average molecular weight is 261 g/mol. The topological polar surface area (TPSA) is 75.1 Å². The highest BCUT2D eigenvalue weighted by molar-refractivity contribution is 5.83. The number of anilines is 1. The third kappa shape index (κ3) is 2.22. The smallest absolute Gasteiger partial charge is 0.433 e. The molecule has 0 atom stereocenters. The van der Waals surface area contributed by atoms with Gasteiger partial charge >= 0.3 is 12.1 Å².